The molecule has 2 unspecified atom stereocenters. The van der Waals surface area contributed by atoms with Gasteiger partial charge in [0, 0.05) is 11.7 Å². The Bertz CT molecular complexity index is 1120. The lowest BCUT2D eigenvalue weighted by molar-refractivity contribution is -0.136. The van der Waals surface area contributed by atoms with Gasteiger partial charge in [-0.15, -0.1) is 0 Å². The Morgan fingerprint density at radius 2 is 1.54 bits per heavy atom. The number of carbonyl (C=O) groups is 3. The normalized spacial score (nSPS) is 12.7. The van der Waals surface area contributed by atoms with Crippen molar-refractivity contribution in [2.45, 2.75) is 73.1 Å². The summed E-state index contributed by atoms with van der Waals surface area (Å²) in [6.07, 6.45) is 5.03. The standard InChI is InChI=1S/C28H35N3O4/c1-10-31(26(33)21(6)29-27(34)35-28(7,8)9)24(22-15-17(2)14-18(3)16-22)25(32)30-23-19(4)12-11-13-20(23)5/h1,11-16,21,24H,2-9H3,(H,29,34)(H,30,32). The molecule has 3 amide bonds. The van der Waals surface area contributed by atoms with Crippen LogP contribution in [0.15, 0.2) is 36.4 Å². The number of amides is 3. The molecular weight excluding hydrogens is 442 g/mol. The first-order valence-electron chi connectivity index (χ1n) is 11.5. The van der Waals surface area contributed by atoms with Gasteiger partial charge >= 0.3 is 6.09 Å². The van der Waals surface area contributed by atoms with Crippen molar-refractivity contribution in [2.24, 2.45) is 0 Å². The highest BCUT2D eigenvalue weighted by atomic mass is 16.6. The lowest BCUT2D eigenvalue weighted by Crippen LogP contribution is -2.49. The second-order valence-corrected chi connectivity index (χ2v) is 9.78. The summed E-state index contributed by atoms with van der Waals surface area (Å²) < 4.78 is 5.25. The van der Waals surface area contributed by atoms with E-state index in [1.165, 1.54) is 6.92 Å². The topological polar surface area (TPSA) is 87.7 Å². The van der Waals surface area contributed by atoms with Gasteiger partial charge < -0.3 is 15.4 Å². The van der Waals surface area contributed by atoms with Crippen LogP contribution in [0.25, 0.3) is 0 Å². The van der Waals surface area contributed by atoms with Crippen molar-refractivity contribution in [3.8, 4) is 12.5 Å². The molecule has 0 spiro atoms. The minimum absolute atomic E-state index is 0.455. The molecule has 0 aliphatic heterocycles. The third kappa shape index (κ3) is 7.35. The molecule has 7 nitrogen and oxygen atoms in total. The Morgan fingerprint density at radius 3 is 2.03 bits per heavy atom. The van der Waals surface area contributed by atoms with Crippen LogP contribution >= 0.6 is 0 Å². The van der Waals surface area contributed by atoms with Crippen LogP contribution in [0, 0.1) is 40.2 Å². The van der Waals surface area contributed by atoms with Crippen LogP contribution < -0.4 is 10.6 Å². The molecule has 0 radical (unpaired) electrons. The molecule has 2 aromatic carbocycles. The van der Waals surface area contributed by atoms with Crippen molar-refractivity contribution in [1.29, 1.82) is 0 Å². The van der Waals surface area contributed by atoms with Gasteiger partial charge in [0.15, 0.2) is 0 Å². The maximum absolute atomic E-state index is 13.7. The van der Waals surface area contributed by atoms with Gasteiger partial charge in [0.1, 0.15) is 17.7 Å². The zero-order valence-corrected chi connectivity index (χ0v) is 21.8. The zero-order valence-electron chi connectivity index (χ0n) is 21.8. The molecule has 35 heavy (non-hydrogen) atoms. The number of benzene rings is 2. The Labute approximate surface area is 208 Å². The van der Waals surface area contributed by atoms with E-state index < -0.39 is 35.6 Å². The summed E-state index contributed by atoms with van der Waals surface area (Å²) in [6.45, 7) is 14.3. The third-order valence-electron chi connectivity index (χ3n) is 5.28. The summed E-state index contributed by atoms with van der Waals surface area (Å²) in [5, 5.41) is 5.46. The van der Waals surface area contributed by atoms with Crippen molar-refractivity contribution in [3.63, 3.8) is 0 Å². The number of carbonyl (C=O) groups excluding carboxylic acids is 3. The largest absolute Gasteiger partial charge is 0.444 e. The molecule has 2 rings (SSSR count). The van der Waals surface area contributed by atoms with Crippen LogP contribution in [0.5, 0.6) is 0 Å². The maximum atomic E-state index is 13.7. The van der Waals surface area contributed by atoms with E-state index in [2.05, 4.69) is 16.7 Å². The summed E-state index contributed by atoms with van der Waals surface area (Å²) in [6, 6.07) is 11.5. The molecule has 0 fully saturated rings. The van der Waals surface area contributed by atoms with Crippen LogP contribution in [-0.2, 0) is 14.3 Å². The average Bonchev–Trinajstić information content (AvgIpc) is 2.71. The predicted molar refractivity (Wildman–Crippen MR) is 138 cm³/mol. The fourth-order valence-corrected chi connectivity index (χ4v) is 3.81. The molecule has 2 atom stereocenters. The van der Waals surface area contributed by atoms with E-state index in [0.29, 0.717) is 11.3 Å². The molecule has 0 bridgehead atoms. The van der Waals surface area contributed by atoms with Crippen LogP contribution in [0.2, 0.25) is 0 Å². The summed E-state index contributed by atoms with van der Waals surface area (Å²) in [5.41, 5.74) is 4.12. The number of para-hydroxylation sites is 1. The number of terminal acetylenes is 1. The highest BCUT2D eigenvalue weighted by Crippen LogP contribution is 2.27. The molecule has 2 aromatic rings. The molecule has 0 aliphatic rings. The van der Waals surface area contributed by atoms with Gasteiger partial charge in [0.05, 0.1) is 0 Å². The number of alkyl carbamates (subject to hydrolysis) is 1. The molecule has 2 N–H and O–H groups in total. The van der Waals surface area contributed by atoms with Crippen LogP contribution in [0.1, 0.15) is 61.6 Å². The first-order valence-corrected chi connectivity index (χ1v) is 11.5. The lowest BCUT2D eigenvalue weighted by Gasteiger charge is -2.30. The van der Waals surface area contributed by atoms with Crippen LogP contribution in [0.3, 0.4) is 0 Å². The molecule has 0 saturated carbocycles. The molecular formula is C28H35N3O4. The molecule has 0 aromatic heterocycles. The van der Waals surface area contributed by atoms with Gasteiger partial charge in [-0.2, -0.15) is 0 Å². The number of rotatable bonds is 6. The van der Waals surface area contributed by atoms with Gasteiger partial charge in [0.25, 0.3) is 11.8 Å². The average molecular weight is 478 g/mol. The SMILES string of the molecule is C#CN(C(=O)C(C)NC(=O)OC(C)(C)C)C(C(=O)Nc1c(C)cccc1C)c1cc(C)cc(C)c1. The monoisotopic (exact) mass is 477 g/mol. The van der Waals surface area contributed by atoms with Crippen LogP contribution in [0.4, 0.5) is 10.5 Å². The lowest BCUT2D eigenvalue weighted by atomic mass is 9.98. The van der Waals surface area contributed by atoms with Crippen molar-refractivity contribution < 1.29 is 19.1 Å². The van der Waals surface area contributed by atoms with E-state index in [9.17, 15) is 14.4 Å². The smallest absolute Gasteiger partial charge is 0.408 e. The van der Waals surface area contributed by atoms with Crippen LogP contribution in [-0.4, -0.2) is 34.5 Å². The van der Waals surface area contributed by atoms with Gasteiger partial charge in [-0.3, -0.25) is 14.5 Å². The highest BCUT2D eigenvalue weighted by Gasteiger charge is 2.34. The first-order chi connectivity index (χ1) is 16.2. The quantitative estimate of drug-likeness (QED) is 0.456. The minimum atomic E-state index is -1.12. The number of nitrogens with zero attached hydrogens (tertiary/aromatic N) is 1. The summed E-state index contributed by atoms with van der Waals surface area (Å²) in [5.74, 6) is -1.07. The van der Waals surface area contributed by atoms with Crippen molar-refractivity contribution in [1.82, 2.24) is 10.2 Å². The van der Waals surface area contributed by atoms with E-state index in [0.717, 1.165) is 27.2 Å². The molecule has 0 aliphatic carbocycles. The van der Waals surface area contributed by atoms with E-state index in [1.54, 1.807) is 20.8 Å². The second kappa shape index (κ2) is 11.1. The number of nitrogens with one attached hydrogen (secondary N) is 2. The third-order valence-corrected chi connectivity index (χ3v) is 5.28. The van der Waals surface area contributed by atoms with E-state index in [1.807, 2.05) is 64.1 Å². The number of anilines is 1. The number of ether oxygens (including phenoxy) is 1. The van der Waals surface area contributed by atoms with Crippen molar-refractivity contribution in [3.05, 3.63) is 64.2 Å². The fraction of sp³-hybridized carbons (Fsp3) is 0.393. The minimum Gasteiger partial charge on any atom is -0.444 e. The van der Waals surface area contributed by atoms with E-state index >= 15 is 0 Å². The van der Waals surface area contributed by atoms with Gasteiger partial charge in [-0.1, -0.05) is 53.9 Å². The molecule has 7 heteroatoms. The second-order valence-electron chi connectivity index (χ2n) is 9.78. The fourth-order valence-electron chi connectivity index (χ4n) is 3.81. The molecule has 0 heterocycles. The van der Waals surface area contributed by atoms with Gasteiger partial charge in [-0.25, -0.2) is 4.79 Å². The number of hydrogen-bond acceptors (Lipinski definition) is 4. The zero-order chi connectivity index (χ0) is 26.5. The number of aryl methyl sites for hydroxylation is 4. The summed E-state index contributed by atoms with van der Waals surface area (Å²) in [7, 11) is 0. The molecule has 0 saturated heterocycles. The Hall–Kier alpha value is -3.79. The van der Waals surface area contributed by atoms with Gasteiger partial charge in [-0.05, 0) is 72.1 Å². The summed E-state index contributed by atoms with van der Waals surface area (Å²) in [4.78, 5) is 40.3. The van der Waals surface area contributed by atoms with E-state index in [-0.39, 0.29) is 0 Å². The van der Waals surface area contributed by atoms with Crippen molar-refractivity contribution >= 4 is 23.6 Å². The summed E-state index contributed by atoms with van der Waals surface area (Å²) >= 11 is 0. The highest BCUT2D eigenvalue weighted by molar-refractivity contribution is 6.00. The predicted octanol–water partition coefficient (Wildman–Crippen LogP) is 4.93. The number of hydrogen-bond donors (Lipinski definition) is 2. The van der Waals surface area contributed by atoms with Crippen molar-refractivity contribution in [2.75, 3.05) is 5.32 Å². The van der Waals surface area contributed by atoms with E-state index in [4.69, 9.17) is 11.2 Å². The first kappa shape index (κ1) is 27.5. The Morgan fingerprint density at radius 1 is 1.00 bits per heavy atom. The molecule has 186 valence electrons. The van der Waals surface area contributed by atoms with Gasteiger partial charge in [0.2, 0.25) is 0 Å². The Balaban J connectivity index is 2.46. The Kier molecular flexibility index (Phi) is 8.70. The maximum Gasteiger partial charge on any atom is 0.408 e.